The lowest BCUT2D eigenvalue weighted by atomic mass is 9.96. The maximum Gasteiger partial charge on any atom is 0.122 e. The second kappa shape index (κ2) is 7.87. The van der Waals surface area contributed by atoms with E-state index in [0.29, 0.717) is 11.6 Å². The van der Waals surface area contributed by atoms with Crippen LogP contribution in [0, 0.1) is 25.2 Å². The summed E-state index contributed by atoms with van der Waals surface area (Å²) in [6.45, 7) is 4.72. The number of hydrogen-bond donors (Lipinski definition) is 0. The number of ether oxygens (including phenoxy) is 1. The Bertz CT molecular complexity index is 658. The highest BCUT2D eigenvalue weighted by Crippen LogP contribution is 2.23. The Labute approximate surface area is 137 Å². The Kier molecular flexibility index (Phi) is 5.86. The molecular weight excluding hydrogens is 294 g/mol. The Morgan fingerprint density at radius 2 is 1.86 bits per heavy atom. The van der Waals surface area contributed by atoms with E-state index in [9.17, 15) is 5.26 Å². The molecule has 0 aliphatic rings. The molecule has 2 rings (SSSR count). The molecule has 114 valence electrons. The Hall–Kier alpha value is -1.98. The molecule has 0 amide bonds. The molecule has 0 fully saturated rings. The largest absolute Gasteiger partial charge is 0.493 e. The molecule has 0 N–H and O–H groups in total. The average Bonchev–Trinajstić information content (AvgIpc) is 2.52. The van der Waals surface area contributed by atoms with Gasteiger partial charge in [0, 0.05) is 5.02 Å². The van der Waals surface area contributed by atoms with E-state index in [1.165, 1.54) is 5.56 Å². The van der Waals surface area contributed by atoms with Crippen LogP contribution in [0.5, 0.6) is 5.75 Å². The zero-order valence-corrected chi connectivity index (χ0v) is 13.7. The topological polar surface area (TPSA) is 33.0 Å². The Morgan fingerprint density at radius 3 is 2.55 bits per heavy atom. The number of rotatable bonds is 6. The first-order valence-corrected chi connectivity index (χ1v) is 7.83. The second-order valence-electron chi connectivity index (χ2n) is 5.49. The summed E-state index contributed by atoms with van der Waals surface area (Å²) in [6, 6.07) is 16.0. The van der Waals surface area contributed by atoms with Crippen LogP contribution in [-0.2, 0) is 0 Å². The molecule has 0 aliphatic heterocycles. The highest BCUT2D eigenvalue weighted by atomic mass is 35.5. The minimum Gasteiger partial charge on any atom is -0.493 e. The number of aryl methyl sites for hydroxylation is 2. The number of benzene rings is 2. The van der Waals surface area contributed by atoms with Gasteiger partial charge in [-0.2, -0.15) is 5.26 Å². The van der Waals surface area contributed by atoms with Gasteiger partial charge in [0.2, 0.25) is 0 Å². The standard InChI is InChI=1S/C19H20ClNO/c1-14-5-6-15(2)19(12-14)22-11-3-4-17(13-21)16-7-9-18(20)10-8-16/h5-10,12,17H,3-4,11H2,1-2H3. The van der Waals surface area contributed by atoms with Gasteiger partial charge in [-0.05, 0) is 61.6 Å². The van der Waals surface area contributed by atoms with Gasteiger partial charge in [-0.25, -0.2) is 0 Å². The van der Waals surface area contributed by atoms with Crippen molar-refractivity contribution in [3.8, 4) is 11.8 Å². The first kappa shape index (κ1) is 16.4. The number of nitriles is 1. The van der Waals surface area contributed by atoms with Crippen molar-refractivity contribution in [1.29, 1.82) is 5.26 Å². The van der Waals surface area contributed by atoms with Crippen molar-refractivity contribution in [2.75, 3.05) is 6.61 Å². The zero-order valence-electron chi connectivity index (χ0n) is 13.0. The molecule has 0 saturated carbocycles. The molecule has 0 aromatic heterocycles. The lowest BCUT2D eigenvalue weighted by Gasteiger charge is -2.12. The Balaban J connectivity index is 1.86. The molecule has 1 atom stereocenters. The molecule has 0 bridgehead atoms. The summed E-state index contributed by atoms with van der Waals surface area (Å²) in [6.07, 6.45) is 1.62. The fraction of sp³-hybridized carbons (Fsp3) is 0.316. The molecule has 0 heterocycles. The van der Waals surface area contributed by atoms with Gasteiger partial charge in [0.25, 0.3) is 0 Å². The first-order chi connectivity index (χ1) is 10.6. The molecule has 2 nitrogen and oxygen atoms in total. The van der Waals surface area contributed by atoms with Crippen molar-refractivity contribution in [2.24, 2.45) is 0 Å². The minimum absolute atomic E-state index is 0.112. The van der Waals surface area contributed by atoms with Crippen molar-refractivity contribution < 1.29 is 4.74 Å². The van der Waals surface area contributed by atoms with E-state index in [0.717, 1.165) is 29.7 Å². The quantitative estimate of drug-likeness (QED) is 0.667. The maximum atomic E-state index is 9.32. The van der Waals surface area contributed by atoms with Crippen LogP contribution in [0.2, 0.25) is 5.02 Å². The summed E-state index contributed by atoms with van der Waals surface area (Å²) < 4.78 is 5.84. The summed E-state index contributed by atoms with van der Waals surface area (Å²) in [5.74, 6) is 0.819. The second-order valence-corrected chi connectivity index (χ2v) is 5.93. The minimum atomic E-state index is -0.112. The van der Waals surface area contributed by atoms with E-state index in [4.69, 9.17) is 16.3 Å². The Morgan fingerprint density at radius 1 is 1.14 bits per heavy atom. The summed E-state index contributed by atoms with van der Waals surface area (Å²) in [4.78, 5) is 0. The van der Waals surface area contributed by atoms with Gasteiger partial charge < -0.3 is 4.74 Å². The predicted molar refractivity (Wildman–Crippen MR) is 90.5 cm³/mol. The average molecular weight is 314 g/mol. The van der Waals surface area contributed by atoms with Crippen LogP contribution >= 0.6 is 11.6 Å². The number of nitrogens with zero attached hydrogens (tertiary/aromatic N) is 1. The van der Waals surface area contributed by atoms with Crippen LogP contribution in [0.25, 0.3) is 0 Å². The fourth-order valence-corrected chi connectivity index (χ4v) is 2.46. The maximum absolute atomic E-state index is 9.32. The van der Waals surface area contributed by atoms with Gasteiger partial charge in [0.15, 0.2) is 0 Å². The predicted octanol–water partition coefficient (Wildman–Crippen LogP) is 5.42. The van der Waals surface area contributed by atoms with Crippen molar-refractivity contribution in [3.63, 3.8) is 0 Å². The van der Waals surface area contributed by atoms with E-state index >= 15 is 0 Å². The molecule has 0 aliphatic carbocycles. The van der Waals surface area contributed by atoms with E-state index < -0.39 is 0 Å². The van der Waals surface area contributed by atoms with Crippen molar-refractivity contribution >= 4 is 11.6 Å². The van der Waals surface area contributed by atoms with Gasteiger partial charge in [-0.3, -0.25) is 0 Å². The number of halogens is 1. The molecule has 0 saturated heterocycles. The molecule has 0 spiro atoms. The zero-order chi connectivity index (χ0) is 15.9. The first-order valence-electron chi connectivity index (χ1n) is 7.45. The summed E-state index contributed by atoms with van der Waals surface area (Å²) in [7, 11) is 0. The third kappa shape index (κ3) is 4.51. The van der Waals surface area contributed by atoms with Gasteiger partial charge in [-0.1, -0.05) is 35.9 Å². The van der Waals surface area contributed by atoms with Gasteiger partial charge in [-0.15, -0.1) is 0 Å². The van der Waals surface area contributed by atoms with Gasteiger partial charge in [0.05, 0.1) is 18.6 Å². The molecule has 1 unspecified atom stereocenters. The van der Waals surface area contributed by atoms with Crippen molar-refractivity contribution in [2.45, 2.75) is 32.6 Å². The van der Waals surface area contributed by atoms with E-state index in [1.54, 1.807) is 0 Å². The van der Waals surface area contributed by atoms with Crippen molar-refractivity contribution in [3.05, 3.63) is 64.2 Å². The van der Waals surface area contributed by atoms with Crippen LogP contribution in [0.3, 0.4) is 0 Å². The third-order valence-corrected chi connectivity index (χ3v) is 3.92. The van der Waals surface area contributed by atoms with Gasteiger partial charge >= 0.3 is 0 Å². The smallest absolute Gasteiger partial charge is 0.122 e. The molecule has 3 heteroatoms. The van der Waals surface area contributed by atoms with Crippen LogP contribution < -0.4 is 4.74 Å². The molecule has 2 aromatic rings. The SMILES string of the molecule is Cc1ccc(C)c(OCCCC(C#N)c2ccc(Cl)cc2)c1. The summed E-state index contributed by atoms with van der Waals surface area (Å²) in [5.41, 5.74) is 3.34. The van der Waals surface area contributed by atoms with Crippen LogP contribution in [0.4, 0.5) is 0 Å². The van der Waals surface area contributed by atoms with E-state index in [2.05, 4.69) is 31.2 Å². The highest BCUT2D eigenvalue weighted by Gasteiger charge is 2.10. The van der Waals surface area contributed by atoms with Crippen LogP contribution in [-0.4, -0.2) is 6.61 Å². The molecule has 0 radical (unpaired) electrons. The van der Waals surface area contributed by atoms with E-state index in [1.807, 2.05) is 31.2 Å². The number of hydrogen-bond acceptors (Lipinski definition) is 2. The third-order valence-electron chi connectivity index (χ3n) is 3.67. The fourth-order valence-electron chi connectivity index (χ4n) is 2.33. The van der Waals surface area contributed by atoms with E-state index in [-0.39, 0.29) is 5.92 Å². The molecule has 22 heavy (non-hydrogen) atoms. The van der Waals surface area contributed by atoms with Crippen molar-refractivity contribution in [1.82, 2.24) is 0 Å². The normalized spacial score (nSPS) is 11.7. The molecule has 2 aromatic carbocycles. The summed E-state index contributed by atoms with van der Waals surface area (Å²) in [5, 5.41) is 10.0. The monoisotopic (exact) mass is 313 g/mol. The van der Waals surface area contributed by atoms with Gasteiger partial charge in [0.1, 0.15) is 5.75 Å². The lowest BCUT2D eigenvalue weighted by molar-refractivity contribution is 0.303. The lowest BCUT2D eigenvalue weighted by Crippen LogP contribution is -2.03. The molecular formula is C19H20ClNO. The summed E-state index contributed by atoms with van der Waals surface area (Å²) >= 11 is 5.88. The van der Waals surface area contributed by atoms with Crippen LogP contribution in [0.15, 0.2) is 42.5 Å². The van der Waals surface area contributed by atoms with Crippen LogP contribution in [0.1, 0.15) is 35.4 Å². The highest BCUT2D eigenvalue weighted by molar-refractivity contribution is 6.30.